The van der Waals surface area contributed by atoms with Crippen LogP contribution < -0.4 is 0 Å². The highest BCUT2D eigenvalue weighted by Gasteiger charge is 2.15. The van der Waals surface area contributed by atoms with Gasteiger partial charge in [-0.15, -0.1) is 0 Å². The molecule has 1 aromatic rings. The number of carbonyl (C=O) groups is 1. The quantitative estimate of drug-likeness (QED) is 0.750. The predicted molar refractivity (Wildman–Crippen MR) is 63.3 cm³/mol. The zero-order valence-electron chi connectivity index (χ0n) is 9.55. The lowest BCUT2D eigenvalue weighted by Gasteiger charge is -1.96. The Balaban J connectivity index is 2.20. The summed E-state index contributed by atoms with van der Waals surface area (Å²) in [6.45, 7) is 2.05. The van der Waals surface area contributed by atoms with Crippen molar-refractivity contribution in [3.63, 3.8) is 0 Å². The molecule has 0 fully saturated rings. The Morgan fingerprint density at radius 3 is 3.24 bits per heavy atom. The van der Waals surface area contributed by atoms with E-state index in [0.717, 1.165) is 12.0 Å². The fraction of sp³-hybridized carbons (Fsp3) is 0.231. The first kappa shape index (κ1) is 11.4. The molecule has 0 aromatic carbocycles. The minimum atomic E-state index is -0.535. The van der Waals surface area contributed by atoms with E-state index in [2.05, 4.69) is 4.98 Å². The number of esters is 1. The molecule has 88 valence electrons. The Kier molecular flexibility index (Phi) is 3.55. The number of aromatic nitrogens is 1. The number of carbonyl (C=O) groups excluding carboxylic acids is 1. The SMILES string of the molecule is CCOC(=O)c1ncc(C2=CC=CCC=C2)o1. The van der Waals surface area contributed by atoms with Crippen LogP contribution in [0.5, 0.6) is 0 Å². The van der Waals surface area contributed by atoms with Gasteiger partial charge >= 0.3 is 11.9 Å². The van der Waals surface area contributed by atoms with Gasteiger partial charge in [-0.2, -0.15) is 0 Å². The van der Waals surface area contributed by atoms with Crippen LogP contribution in [0, 0.1) is 0 Å². The summed E-state index contributed by atoms with van der Waals surface area (Å²) in [5.41, 5.74) is 0.891. The molecule has 1 aromatic heterocycles. The van der Waals surface area contributed by atoms with Crippen molar-refractivity contribution in [2.45, 2.75) is 13.3 Å². The molecule has 4 heteroatoms. The zero-order chi connectivity index (χ0) is 12.1. The number of oxazole rings is 1. The maximum absolute atomic E-state index is 11.4. The van der Waals surface area contributed by atoms with Crippen molar-refractivity contribution in [3.8, 4) is 0 Å². The lowest BCUT2D eigenvalue weighted by atomic mass is 10.2. The van der Waals surface area contributed by atoms with Gasteiger partial charge in [0.05, 0.1) is 12.8 Å². The van der Waals surface area contributed by atoms with Gasteiger partial charge in [0, 0.05) is 5.57 Å². The van der Waals surface area contributed by atoms with Gasteiger partial charge in [0.2, 0.25) is 0 Å². The average molecular weight is 231 g/mol. The summed E-state index contributed by atoms with van der Waals surface area (Å²) in [5, 5.41) is 0. The highest BCUT2D eigenvalue weighted by Crippen LogP contribution is 2.19. The molecule has 0 saturated heterocycles. The molecular formula is C13H13NO3. The molecule has 0 aliphatic heterocycles. The van der Waals surface area contributed by atoms with Crippen molar-refractivity contribution < 1.29 is 13.9 Å². The van der Waals surface area contributed by atoms with E-state index in [-0.39, 0.29) is 5.89 Å². The van der Waals surface area contributed by atoms with Crippen LogP contribution in [0.25, 0.3) is 5.57 Å². The van der Waals surface area contributed by atoms with Crippen LogP contribution in [0.4, 0.5) is 0 Å². The van der Waals surface area contributed by atoms with E-state index in [0.29, 0.717) is 12.4 Å². The van der Waals surface area contributed by atoms with Crippen LogP contribution in [0.15, 0.2) is 41.0 Å². The van der Waals surface area contributed by atoms with Crippen LogP contribution in [0.2, 0.25) is 0 Å². The monoisotopic (exact) mass is 231 g/mol. The second-order valence-electron chi connectivity index (χ2n) is 3.44. The van der Waals surface area contributed by atoms with Crippen molar-refractivity contribution in [2.75, 3.05) is 6.61 Å². The molecule has 17 heavy (non-hydrogen) atoms. The fourth-order valence-electron chi connectivity index (χ4n) is 1.44. The molecule has 0 radical (unpaired) electrons. The van der Waals surface area contributed by atoms with Crippen molar-refractivity contribution in [1.82, 2.24) is 4.98 Å². The lowest BCUT2D eigenvalue weighted by molar-refractivity contribution is 0.0480. The molecule has 0 amide bonds. The Hall–Kier alpha value is -2.10. The molecule has 0 N–H and O–H groups in total. The number of nitrogens with zero attached hydrogens (tertiary/aromatic N) is 1. The molecule has 1 aliphatic rings. The van der Waals surface area contributed by atoms with Crippen LogP contribution in [0.1, 0.15) is 29.8 Å². The third kappa shape index (κ3) is 2.72. The zero-order valence-corrected chi connectivity index (χ0v) is 9.55. The summed E-state index contributed by atoms with van der Waals surface area (Å²) in [6, 6.07) is 0. The summed E-state index contributed by atoms with van der Waals surface area (Å²) in [7, 11) is 0. The molecule has 1 heterocycles. The Morgan fingerprint density at radius 1 is 1.53 bits per heavy atom. The van der Waals surface area contributed by atoms with Crippen molar-refractivity contribution in [3.05, 3.63) is 48.2 Å². The molecule has 0 unspecified atom stereocenters. The summed E-state index contributed by atoms with van der Waals surface area (Å²) in [4.78, 5) is 15.3. The molecule has 1 aliphatic carbocycles. The number of rotatable bonds is 3. The summed E-state index contributed by atoms with van der Waals surface area (Å²) in [5.74, 6) is 0.0210. The van der Waals surface area contributed by atoms with Gasteiger partial charge in [-0.25, -0.2) is 9.78 Å². The molecule has 2 rings (SSSR count). The van der Waals surface area contributed by atoms with E-state index in [9.17, 15) is 4.79 Å². The molecule has 0 atom stereocenters. The Morgan fingerprint density at radius 2 is 2.41 bits per heavy atom. The van der Waals surface area contributed by atoms with Gasteiger partial charge in [0.1, 0.15) is 0 Å². The highest BCUT2D eigenvalue weighted by atomic mass is 16.5. The van der Waals surface area contributed by atoms with Crippen molar-refractivity contribution in [1.29, 1.82) is 0 Å². The van der Waals surface area contributed by atoms with Crippen molar-refractivity contribution in [2.24, 2.45) is 0 Å². The van der Waals surface area contributed by atoms with E-state index >= 15 is 0 Å². The van der Waals surface area contributed by atoms with E-state index < -0.39 is 5.97 Å². The molecule has 0 bridgehead atoms. The Bertz CT molecular complexity index is 495. The third-order valence-corrected chi connectivity index (χ3v) is 2.22. The van der Waals surface area contributed by atoms with E-state index in [1.807, 2.05) is 30.4 Å². The third-order valence-electron chi connectivity index (χ3n) is 2.22. The van der Waals surface area contributed by atoms with E-state index in [4.69, 9.17) is 9.15 Å². The topological polar surface area (TPSA) is 52.3 Å². The lowest BCUT2D eigenvalue weighted by Crippen LogP contribution is -2.04. The standard InChI is InChI=1S/C13H13NO3/c1-2-16-13(15)12-14-9-11(17-12)10-7-5-3-4-6-8-10/h3,5-9H,2,4H2,1H3. The largest absolute Gasteiger partial charge is 0.459 e. The Labute approximate surface area is 99.3 Å². The normalized spacial score (nSPS) is 14.3. The van der Waals surface area contributed by atoms with Gasteiger partial charge in [0.25, 0.3) is 0 Å². The predicted octanol–water partition coefficient (Wildman–Crippen LogP) is 2.75. The molecule has 4 nitrogen and oxygen atoms in total. The second kappa shape index (κ2) is 5.30. The van der Waals surface area contributed by atoms with Gasteiger partial charge in [0.15, 0.2) is 5.76 Å². The van der Waals surface area contributed by atoms with Gasteiger partial charge in [-0.3, -0.25) is 0 Å². The van der Waals surface area contributed by atoms with E-state index in [1.54, 1.807) is 6.92 Å². The van der Waals surface area contributed by atoms with Gasteiger partial charge < -0.3 is 9.15 Å². The summed E-state index contributed by atoms with van der Waals surface area (Å²) >= 11 is 0. The van der Waals surface area contributed by atoms with Gasteiger partial charge in [-0.1, -0.05) is 30.4 Å². The minimum Gasteiger partial charge on any atom is -0.459 e. The number of hydrogen-bond donors (Lipinski definition) is 0. The summed E-state index contributed by atoms with van der Waals surface area (Å²) < 4.78 is 10.2. The minimum absolute atomic E-state index is 0.00984. The van der Waals surface area contributed by atoms with Crippen LogP contribution >= 0.6 is 0 Å². The molecular weight excluding hydrogens is 218 g/mol. The highest BCUT2D eigenvalue weighted by molar-refractivity contribution is 5.85. The number of allylic oxidation sites excluding steroid dienone is 6. The number of ether oxygens (including phenoxy) is 1. The maximum atomic E-state index is 11.4. The fourth-order valence-corrected chi connectivity index (χ4v) is 1.44. The van der Waals surface area contributed by atoms with Crippen molar-refractivity contribution >= 4 is 11.5 Å². The number of hydrogen-bond acceptors (Lipinski definition) is 4. The second-order valence-corrected chi connectivity index (χ2v) is 3.44. The first-order chi connectivity index (χ1) is 8.31. The summed E-state index contributed by atoms with van der Waals surface area (Å²) in [6.07, 6.45) is 12.3. The molecule has 0 saturated carbocycles. The average Bonchev–Trinajstić information content (AvgIpc) is 2.66. The van der Waals surface area contributed by atoms with Gasteiger partial charge in [-0.05, 0) is 13.3 Å². The first-order valence-electron chi connectivity index (χ1n) is 5.48. The van der Waals surface area contributed by atoms with E-state index in [1.165, 1.54) is 6.20 Å². The first-order valence-corrected chi connectivity index (χ1v) is 5.48. The van der Waals surface area contributed by atoms with Crippen LogP contribution in [-0.2, 0) is 4.74 Å². The van der Waals surface area contributed by atoms with Crippen LogP contribution in [0.3, 0.4) is 0 Å². The maximum Gasteiger partial charge on any atom is 0.394 e. The smallest absolute Gasteiger partial charge is 0.394 e. The molecule has 0 spiro atoms. The van der Waals surface area contributed by atoms with Crippen LogP contribution in [-0.4, -0.2) is 17.6 Å².